The van der Waals surface area contributed by atoms with Crippen LogP contribution in [-0.2, 0) is 74.4 Å². The second-order valence-corrected chi connectivity index (χ2v) is 8.32. The molecule has 2 saturated heterocycles. The zero-order chi connectivity index (χ0) is 28.9. The van der Waals surface area contributed by atoms with Crippen LogP contribution in [0.5, 0.6) is 0 Å². The normalized spacial score (nSPS) is 17.1. The summed E-state index contributed by atoms with van der Waals surface area (Å²) in [7, 11) is 0. The van der Waals surface area contributed by atoms with Crippen LogP contribution in [-0.4, -0.2) is 136 Å². The molecule has 20 nitrogen and oxygen atoms in total. The van der Waals surface area contributed by atoms with Crippen molar-refractivity contribution in [3.63, 3.8) is 0 Å². The minimum atomic E-state index is -1.60. The summed E-state index contributed by atoms with van der Waals surface area (Å²) in [4.78, 5) is 88.6. The van der Waals surface area contributed by atoms with Gasteiger partial charge in [-0.3, -0.25) is 8.97 Å². The third kappa shape index (κ3) is 21.5. The Morgan fingerprint density at radius 2 is 0.674 bits per heavy atom. The molecule has 2 rings (SSSR count). The molecular weight excluding hydrogens is 662 g/mol. The molecule has 0 saturated carbocycles. The topological polar surface area (TPSA) is 336 Å². The van der Waals surface area contributed by atoms with E-state index in [2.05, 4.69) is 18.9 Å². The van der Waals surface area contributed by atoms with Crippen molar-refractivity contribution in [1.29, 1.82) is 0 Å². The summed E-state index contributed by atoms with van der Waals surface area (Å²) in [5, 5.41) is 42.8. The molecule has 0 amide bonds. The van der Waals surface area contributed by atoms with Gasteiger partial charge in [0.05, 0.1) is 23.9 Å². The largest absolute Gasteiger partial charge is 1.00 e. The molecule has 2 fully saturated rings. The van der Waals surface area contributed by atoms with E-state index in [1.165, 1.54) is 0 Å². The second kappa shape index (κ2) is 24.4. The van der Waals surface area contributed by atoms with Gasteiger partial charge in [-0.25, -0.2) is 19.2 Å². The summed E-state index contributed by atoms with van der Waals surface area (Å²) >= 11 is 0. The number of ether oxygens (including phenoxy) is 4. The average Bonchev–Trinajstić information content (AvgIpc) is 2.82. The minimum absolute atomic E-state index is 0. The number of aliphatic carboxylic acids is 4. The summed E-state index contributed by atoms with van der Waals surface area (Å²) in [5.74, 6) is -9.66. The van der Waals surface area contributed by atoms with Crippen LogP contribution in [0, 0.1) is 0 Å². The van der Waals surface area contributed by atoms with Gasteiger partial charge in [-0.15, -0.1) is 0 Å². The Kier molecular flexibility index (Phi) is 28.8. The molecule has 0 atom stereocenters. The monoisotopic (exact) mass is 693 g/mol. The van der Waals surface area contributed by atoms with Crippen LogP contribution in [0.4, 0.5) is 0 Å². The fourth-order valence-corrected chi connectivity index (χ4v) is 3.67. The molecule has 0 bridgehead atoms. The number of rotatable bonds is 8. The quantitative estimate of drug-likeness (QED) is 0.103. The first kappa shape index (κ1) is 50.7. The Morgan fingerprint density at radius 3 is 0.814 bits per heavy atom. The maximum absolute atomic E-state index is 11.4. The van der Waals surface area contributed by atoms with Crippen LogP contribution in [0.25, 0.3) is 0 Å². The summed E-state index contributed by atoms with van der Waals surface area (Å²) in [6.45, 7) is -6.35. The van der Waals surface area contributed by atoms with Gasteiger partial charge >= 0.3 is 83.0 Å². The molecule has 243 valence electrons. The molecule has 2 heterocycles. The maximum atomic E-state index is 11.4. The summed E-state index contributed by atoms with van der Waals surface area (Å²) in [6.07, 6.45) is 0. The molecule has 0 aromatic carbocycles. The van der Waals surface area contributed by atoms with E-state index >= 15 is 0 Å². The van der Waals surface area contributed by atoms with E-state index < -0.39 is 109 Å². The molecular formula is C20H32CuN4Na2O16-2. The number of hydrogen-bond donors (Lipinski definition) is 2. The molecule has 1 radical (unpaired) electrons. The van der Waals surface area contributed by atoms with E-state index in [4.69, 9.17) is 0 Å². The van der Waals surface area contributed by atoms with E-state index in [1.807, 2.05) is 0 Å². The van der Waals surface area contributed by atoms with Gasteiger partial charge in [-0.2, -0.15) is 0 Å². The first-order valence-corrected chi connectivity index (χ1v) is 10.8. The maximum Gasteiger partial charge on any atom is 1.00 e. The summed E-state index contributed by atoms with van der Waals surface area (Å²) in [5.41, 5.74) is 0. The smallest absolute Gasteiger partial charge is 1.00 e. The third-order valence-corrected chi connectivity index (χ3v) is 4.93. The number of carbonyl (C=O) groups is 8. The van der Waals surface area contributed by atoms with Crippen molar-refractivity contribution in [2.45, 2.75) is 0 Å². The number of nitrogens with zero attached hydrogens (tertiary/aromatic N) is 2. The van der Waals surface area contributed by atoms with Gasteiger partial charge in [0.1, 0.15) is 52.6 Å². The standard InChI is InChI=1S/2C10H13NO8.Cu.2H3N.2Na.2H/c2*12-7(13)3-11(4-8(14)15)5-9(16)18-1-2-19-10(17)6-11;;;;;;;/h2*1-6H2,(H-,12,13,14,15);;2*1H3;;;;/q;;;;;2*+1;2*-1/p-2. The SMILES string of the molecule is N.N.O=C([O-])C[N+]1(CC(=O)[O-])CC(=O)OCCOC(=O)C1.O=C([O-])C[N+]1(CC(=O)[O-])CC(=O)OCCOC(=O)C1.[Cu].[H-].[H-].[Na+].[Na+]. The number of cyclic esters (lactones) is 4. The second-order valence-electron chi connectivity index (χ2n) is 8.32. The van der Waals surface area contributed by atoms with Crippen molar-refractivity contribution in [3.05, 3.63) is 0 Å². The van der Waals surface area contributed by atoms with Gasteiger partial charge in [0.2, 0.25) is 0 Å². The number of carbonyl (C=O) groups excluding carboxylic acids is 8. The summed E-state index contributed by atoms with van der Waals surface area (Å²) in [6, 6.07) is 0. The fraction of sp³-hybridized carbons (Fsp3) is 0.600. The van der Waals surface area contributed by atoms with Gasteiger partial charge < -0.3 is 73.7 Å². The third-order valence-electron chi connectivity index (χ3n) is 4.93. The summed E-state index contributed by atoms with van der Waals surface area (Å²) < 4.78 is 16.9. The van der Waals surface area contributed by atoms with Gasteiger partial charge in [0.15, 0.2) is 26.2 Å². The minimum Gasteiger partial charge on any atom is -1.00 e. The van der Waals surface area contributed by atoms with Gasteiger partial charge in [0.25, 0.3) is 0 Å². The fourth-order valence-electron chi connectivity index (χ4n) is 3.67. The van der Waals surface area contributed by atoms with Gasteiger partial charge in [-0.05, 0) is 0 Å². The van der Waals surface area contributed by atoms with Crippen LogP contribution in [0.3, 0.4) is 0 Å². The molecule has 0 aliphatic carbocycles. The number of hydrogen-bond acceptors (Lipinski definition) is 18. The molecule has 23 heteroatoms. The number of quaternary nitrogens is 2. The number of carboxylic acids is 4. The first-order chi connectivity index (χ1) is 17.7. The number of carboxylic acid groups (broad SMARTS) is 4. The van der Waals surface area contributed by atoms with Gasteiger partial charge in [0, 0.05) is 17.1 Å². The average molecular weight is 694 g/mol. The zero-order valence-corrected chi connectivity index (χ0v) is 28.6. The Bertz CT molecular complexity index is 846. The van der Waals surface area contributed by atoms with Crippen molar-refractivity contribution < 1.29 is 166 Å². The Labute approximate surface area is 302 Å². The molecule has 43 heavy (non-hydrogen) atoms. The predicted molar refractivity (Wildman–Crippen MR) is 116 cm³/mol. The van der Waals surface area contributed by atoms with Crippen LogP contribution in [0.15, 0.2) is 0 Å². The molecule has 2 aliphatic heterocycles. The zero-order valence-electron chi connectivity index (χ0n) is 25.6. The molecule has 2 aliphatic rings. The van der Waals surface area contributed by atoms with E-state index in [0.717, 1.165) is 0 Å². The first-order valence-electron chi connectivity index (χ1n) is 10.8. The Hall–Kier alpha value is -1.88. The van der Waals surface area contributed by atoms with E-state index in [1.54, 1.807) is 0 Å². The van der Waals surface area contributed by atoms with E-state index in [-0.39, 0.29) is 118 Å². The molecule has 0 aromatic rings. The van der Waals surface area contributed by atoms with E-state index in [9.17, 15) is 58.8 Å². The van der Waals surface area contributed by atoms with Crippen molar-refractivity contribution in [3.8, 4) is 0 Å². The van der Waals surface area contributed by atoms with Crippen molar-refractivity contribution in [2.75, 3.05) is 78.8 Å². The van der Waals surface area contributed by atoms with Crippen LogP contribution >= 0.6 is 0 Å². The van der Waals surface area contributed by atoms with Crippen LogP contribution in [0.2, 0.25) is 0 Å². The predicted octanol–water partition coefficient (Wildman–Crippen LogP) is -14.6. The van der Waals surface area contributed by atoms with E-state index in [0.29, 0.717) is 0 Å². The Balaban J connectivity index is -0.000000111. The van der Waals surface area contributed by atoms with Crippen LogP contribution < -0.4 is 91.8 Å². The van der Waals surface area contributed by atoms with Gasteiger partial charge in [-0.1, -0.05) is 0 Å². The molecule has 0 aromatic heterocycles. The van der Waals surface area contributed by atoms with Crippen molar-refractivity contribution >= 4 is 47.8 Å². The molecule has 0 spiro atoms. The number of esters is 4. The Morgan fingerprint density at radius 1 is 0.512 bits per heavy atom. The molecule has 6 N–H and O–H groups in total. The molecule has 0 unspecified atom stereocenters. The van der Waals surface area contributed by atoms with Crippen molar-refractivity contribution in [1.82, 2.24) is 12.3 Å². The van der Waals surface area contributed by atoms with Crippen molar-refractivity contribution in [2.24, 2.45) is 0 Å². The van der Waals surface area contributed by atoms with Crippen LogP contribution in [0.1, 0.15) is 2.85 Å².